The number of carbonyl (C=O) groups is 3. The van der Waals surface area contributed by atoms with Crippen LogP contribution in [0.1, 0.15) is 49.0 Å². The molecule has 45 heavy (non-hydrogen) atoms. The molecular weight excluding hydrogens is 660 g/mol. The molecule has 3 amide bonds. The Morgan fingerprint density at radius 2 is 1.62 bits per heavy atom. The molecule has 0 aliphatic carbocycles. The van der Waals surface area contributed by atoms with Crippen LogP contribution in [-0.4, -0.2) is 37.3 Å². The van der Waals surface area contributed by atoms with Crippen molar-refractivity contribution in [2.75, 3.05) is 23.8 Å². The summed E-state index contributed by atoms with van der Waals surface area (Å²) in [6.07, 6.45) is 5.51. The van der Waals surface area contributed by atoms with Crippen molar-refractivity contribution in [3.8, 4) is 0 Å². The van der Waals surface area contributed by atoms with Crippen molar-refractivity contribution in [1.29, 1.82) is 0 Å². The number of nitrogens with zero attached hydrogens (tertiary/aromatic N) is 1. The summed E-state index contributed by atoms with van der Waals surface area (Å²) < 4.78 is 13.5. The van der Waals surface area contributed by atoms with Gasteiger partial charge in [-0.1, -0.05) is 55.5 Å². The Bertz CT molecular complexity index is 1580. The topological polar surface area (TPSA) is 110 Å². The summed E-state index contributed by atoms with van der Waals surface area (Å²) in [5, 5.41) is 10.5. The molecule has 1 heterocycles. The quantitative estimate of drug-likeness (QED) is 0.143. The minimum Gasteiger partial charge on any atom is -1.00 e. The van der Waals surface area contributed by atoms with Crippen LogP contribution in [0.5, 0.6) is 0 Å². The molecule has 3 N–H and O–H groups in total. The Balaban J connectivity index is 0.00000552. The molecule has 0 radical (unpaired) electrons. The maximum Gasteiger partial charge on any atom is 0.411 e. The number of ether oxygens (including phenoxy) is 2. The molecule has 0 fully saturated rings. The van der Waals surface area contributed by atoms with Gasteiger partial charge in [-0.15, -0.1) is 0 Å². The normalized spacial score (nSPS) is 11.2. The molecule has 0 bridgehead atoms. The number of carbonyl (C=O) groups excluding carboxylic acids is 3. The van der Waals surface area contributed by atoms with Crippen molar-refractivity contribution in [1.82, 2.24) is 5.32 Å². The molecule has 0 saturated carbocycles. The molecular formula is C34H38BrClN4O5. The molecule has 0 spiro atoms. The minimum absolute atomic E-state index is 0. The van der Waals surface area contributed by atoms with Crippen LogP contribution in [0.2, 0.25) is 0 Å². The zero-order valence-corrected chi connectivity index (χ0v) is 27.7. The number of aromatic nitrogens is 1. The highest BCUT2D eigenvalue weighted by molar-refractivity contribution is 9.10. The summed E-state index contributed by atoms with van der Waals surface area (Å²) in [5.74, 6) is -0.186. The molecule has 0 aliphatic heterocycles. The summed E-state index contributed by atoms with van der Waals surface area (Å²) >= 11 is 3.47. The molecule has 11 heteroatoms. The second kappa shape index (κ2) is 18.0. The lowest BCUT2D eigenvalue weighted by Crippen LogP contribution is -3.00. The van der Waals surface area contributed by atoms with Gasteiger partial charge in [0.15, 0.2) is 12.4 Å². The van der Waals surface area contributed by atoms with E-state index in [0.29, 0.717) is 36.2 Å². The van der Waals surface area contributed by atoms with Crippen molar-refractivity contribution >= 4 is 56.2 Å². The van der Waals surface area contributed by atoms with Gasteiger partial charge in [0.05, 0.1) is 23.4 Å². The number of alkyl carbamates (subject to hydrolysis) is 1. The fourth-order valence-electron chi connectivity index (χ4n) is 4.68. The van der Waals surface area contributed by atoms with Gasteiger partial charge in [-0.25, -0.2) is 14.2 Å². The van der Waals surface area contributed by atoms with Crippen molar-refractivity contribution in [2.24, 2.45) is 0 Å². The summed E-state index contributed by atoms with van der Waals surface area (Å²) in [5.41, 5.74) is 2.93. The van der Waals surface area contributed by atoms with Gasteiger partial charge >= 0.3 is 12.2 Å². The SMILES string of the molecule is CCC[n+]1cc(Br)cc(C(=O)Nc2ccc(CCOC(=O)NC(C)CCCOC(=O)Nc3cccc4ccccc34)cc2)c1.[Cl-]. The van der Waals surface area contributed by atoms with Gasteiger partial charge in [-0.05, 0) is 70.9 Å². The lowest BCUT2D eigenvalue weighted by Gasteiger charge is -2.14. The number of aryl methyl sites for hydroxylation is 1. The van der Waals surface area contributed by atoms with Gasteiger partial charge in [-0.3, -0.25) is 10.1 Å². The Morgan fingerprint density at radius 1 is 0.889 bits per heavy atom. The number of hydrogen-bond donors (Lipinski definition) is 3. The molecule has 1 aromatic heterocycles. The Morgan fingerprint density at radius 3 is 2.40 bits per heavy atom. The summed E-state index contributed by atoms with van der Waals surface area (Å²) in [6.45, 7) is 5.25. The number of anilines is 2. The average molecular weight is 698 g/mol. The largest absolute Gasteiger partial charge is 1.00 e. The highest BCUT2D eigenvalue weighted by Gasteiger charge is 2.14. The third-order valence-electron chi connectivity index (χ3n) is 6.87. The van der Waals surface area contributed by atoms with Gasteiger partial charge in [-0.2, -0.15) is 0 Å². The molecule has 3 aromatic carbocycles. The molecule has 1 atom stereocenters. The summed E-state index contributed by atoms with van der Waals surface area (Å²) in [7, 11) is 0. The Hall–Kier alpha value is -4.15. The zero-order valence-electron chi connectivity index (χ0n) is 25.4. The molecule has 0 saturated heterocycles. The second-order valence-electron chi connectivity index (χ2n) is 10.5. The van der Waals surface area contributed by atoms with Gasteiger partial charge < -0.3 is 32.5 Å². The first-order valence-corrected chi connectivity index (χ1v) is 15.5. The van der Waals surface area contributed by atoms with E-state index in [1.807, 2.05) is 90.6 Å². The Kier molecular flexibility index (Phi) is 14.1. The Labute approximate surface area is 278 Å². The number of nitrogens with one attached hydrogen (secondary N) is 3. The number of fused-ring (bicyclic) bond motifs is 1. The molecule has 238 valence electrons. The van der Waals surface area contributed by atoms with Gasteiger partial charge in [0.25, 0.3) is 5.91 Å². The van der Waals surface area contributed by atoms with Gasteiger partial charge in [0, 0.05) is 30.0 Å². The molecule has 0 aliphatic rings. The molecule has 9 nitrogen and oxygen atoms in total. The summed E-state index contributed by atoms with van der Waals surface area (Å²) in [4.78, 5) is 37.2. The minimum atomic E-state index is -0.513. The van der Waals surface area contributed by atoms with E-state index >= 15 is 0 Å². The van der Waals surface area contributed by atoms with Crippen LogP contribution in [0.3, 0.4) is 0 Å². The third-order valence-corrected chi connectivity index (χ3v) is 7.31. The first-order valence-electron chi connectivity index (χ1n) is 14.8. The van der Waals surface area contributed by atoms with E-state index in [0.717, 1.165) is 33.8 Å². The molecule has 1 unspecified atom stereocenters. The zero-order chi connectivity index (χ0) is 31.3. The van der Waals surface area contributed by atoms with E-state index in [9.17, 15) is 14.4 Å². The van der Waals surface area contributed by atoms with Crippen molar-refractivity contribution < 1.29 is 40.8 Å². The lowest BCUT2D eigenvalue weighted by molar-refractivity contribution is -0.697. The van der Waals surface area contributed by atoms with Crippen molar-refractivity contribution in [2.45, 2.75) is 52.1 Å². The number of amides is 3. The maximum absolute atomic E-state index is 12.7. The standard InChI is InChI=1S/C34H37BrN4O5.ClH/c1-3-18-39-22-27(21-28(35)23-39)32(40)37-29-15-13-25(14-16-29)17-20-44-33(41)36-24(2)8-7-19-43-34(42)38-31-12-6-10-26-9-4-5-11-30(26)31;/h4-6,9-16,21-24H,3,7-8,17-20H2,1-2H3,(H2-,36,37,38,40,41,42);1H. The lowest BCUT2D eigenvalue weighted by atomic mass is 10.1. The fourth-order valence-corrected chi connectivity index (χ4v) is 5.19. The highest BCUT2D eigenvalue weighted by atomic mass is 79.9. The average Bonchev–Trinajstić information content (AvgIpc) is 3.00. The molecule has 4 rings (SSSR count). The van der Waals surface area contributed by atoms with E-state index < -0.39 is 12.2 Å². The van der Waals surface area contributed by atoms with E-state index in [-0.39, 0.29) is 37.6 Å². The predicted octanol–water partition coefficient (Wildman–Crippen LogP) is 4.24. The summed E-state index contributed by atoms with van der Waals surface area (Å²) in [6, 6.07) is 22.6. The monoisotopic (exact) mass is 696 g/mol. The van der Waals surface area contributed by atoms with Crippen LogP contribution in [0.4, 0.5) is 21.0 Å². The van der Waals surface area contributed by atoms with E-state index in [2.05, 4.69) is 38.8 Å². The van der Waals surface area contributed by atoms with Crippen molar-refractivity contribution in [3.05, 3.63) is 101 Å². The van der Waals surface area contributed by atoms with Crippen LogP contribution in [0.25, 0.3) is 10.8 Å². The van der Waals surface area contributed by atoms with E-state index in [1.54, 1.807) is 6.07 Å². The predicted molar refractivity (Wildman–Crippen MR) is 175 cm³/mol. The number of hydrogen-bond acceptors (Lipinski definition) is 5. The van der Waals surface area contributed by atoms with Crippen LogP contribution >= 0.6 is 15.9 Å². The number of pyridine rings is 1. The van der Waals surface area contributed by atoms with E-state index in [4.69, 9.17) is 9.47 Å². The van der Waals surface area contributed by atoms with Crippen LogP contribution in [-0.2, 0) is 22.4 Å². The van der Waals surface area contributed by atoms with Gasteiger partial charge in [0.2, 0.25) is 0 Å². The number of rotatable bonds is 13. The smallest absolute Gasteiger partial charge is 0.411 e. The number of benzene rings is 3. The van der Waals surface area contributed by atoms with E-state index in [1.165, 1.54) is 0 Å². The second-order valence-corrected chi connectivity index (χ2v) is 11.4. The van der Waals surface area contributed by atoms with Crippen LogP contribution < -0.4 is 32.9 Å². The highest BCUT2D eigenvalue weighted by Crippen LogP contribution is 2.23. The third kappa shape index (κ3) is 11.4. The first-order chi connectivity index (χ1) is 21.3. The maximum atomic E-state index is 12.7. The van der Waals surface area contributed by atoms with Crippen LogP contribution in [0.15, 0.2) is 89.7 Å². The first kappa shape index (κ1) is 35.3. The van der Waals surface area contributed by atoms with Gasteiger partial charge in [0.1, 0.15) is 12.1 Å². The van der Waals surface area contributed by atoms with Crippen LogP contribution in [0, 0.1) is 0 Å². The number of halogens is 2. The fraction of sp³-hybridized carbons (Fsp3) is 0.294. The molecule has 4 aromatic rings. The van der Waals surface area contributed by atoms with Crippen molar-refractivity contribution in [3.63, 3.8) is 0 Å².